The lowest BCUT2D eigenvalue weighted by molar-refractivity contribution is -0.317. The average molecular weight is 749 g/mol. The maximum Gasteiger partial charge on any atom is 0.311 e. The number of methoxy groups -OCH3 is 1. The molecule has 0 aliphatic carbocycles. The minimum Gasteiger partial charge on any atom is -0.459 e. The highest BCUT2D eigenvalue weighted by atomic mass is 16.7. The molecule has 0 spiro atoms. The topological polar surface area (TPSA) is 209 Å². The van der Waals surface area contributed by atoms with Crippen molar-refractivity contribution in [2.45, 2.75) is 179 Å². The number of aliphatic hydroxyl groups is 5. The van der Waals surface area contributed by atoms with Gasteiger partial charge in [-0.05, 0) is 74.9 Å². The Morgan fingerprint density at radius 3 is 2.08 bits per heavy atom. The summed E-state index contributed by atoms with van der Waals surface area (Å²) in [5.41, 5.74) is -4.68. The third-order valence-electron chi connectivity index (χ3n) is 12.0. The van der Waals surface area contributed by atoms with Crippen molar-refractivity contribution in [2.24, 2.45) is 28.8 Å². The summed E-state index contributed by atoms with van der Waals surface area (Å²) in [5, 5.41) is 71.8. The van der Waals surface area contributed by atoms with Crippen LogP contribution >= 0.6 is 0 Å². The van der Waals surface area contributed by atoms with Crippen LogP contribution in [0.1, 0.15) is 94.9 Å². The summed E-state index contributed by atoms with van der Waals surface area (Å²) in [6.45, 7) is 16.6. The van der Waals surface area contributed by atoms with Crippen LogP contribution in [-0.2, 0) is 33.2 Å². The van der Waals surface area contributed by atoms with Gasteiger partial charge in [0.25, 0.3) is 0 Å². The fraction of sp³-hybridized carbons (Fsp3) is 0.946. The first-order valence-electron chi connectivity index (χ1n) is 18.7. The number of carbonyl (C=O) groups is 1. The average Bonchev–Trinajstić information content (AvgIpc) is 3.06. The maximum absolute atomic E-state index is 14.1. The van der Waals surface area contributed by atoms with E-state index >= 15 is 0 Å². The van der Waals surface area contributed by atoms with Gasteiger partial charge in [-0.25, -0.2) is 0 Å². The molecule has 15 heteroatoms. The van der Waals surface area contributed by atoms with Gasteiger partial charge in [-0.15, -0.1) is 0 Å². The van der Waals surface area contributed by atoms with Crippen LogP contribution in [0.15, 0.2) is 5.16 Å². The molecule has 3 aliphatic rings. The van der Waals surface area contributed by atoms with Gasteiger partial charge >= 0.3 is 5.97 Å². The highest BCUT2D eigenvalue weighted by Crippen LogP contribution is 2.41. The Morgan fingerprint density at radius 2 is 1.54 bits per heavy atom. The van der Waals surface area contributed by atoms with Crippen LogP contribution in [0.25, 0.3) is 0 Å². The summed E-state index contributed by atoms with van der Waals surface area (Å²) < 4.78 is 37.2. The molecule has 3 rings (SSSR count). The number of carbonyl (C=O) groups excluding carboxylic acids is 1. The number of likely N-dealkylation sites (N-methyl/N-ethyl adjacent to an activating group) is 1. The van der Waals surface area contributed by atoms with Crippen LogP contribution in [-0.4, -0.2) is 153 Å². The standard InChI is InChI=1S/C37H68N2O13/c1-14-25-37(10,45)30(41)20(4)27(38-46)18(2)16-35(8,44)32(52-34-28(40)24(39(11)12)15-19(3)48-34)21(5)29(22(6)33(43)50-25)51-26-17-36(9,47-13)31(42)23(7)49-26/h18-26,28-32,34,40-42,44-46H,14-17H2,1-13H3/b38-27-/t18-,19-,20-,21?,22-,23+,24+,25-,26+,28-,29+,30-,31+,32-,34+,35-,36-,37-/m1/s1. The quantitative estimate of drug-likeness (QED) is 0.125. The zero-order valence-corrected chi connectivity index (χ0v) is 33.4. The van der Waals surface area contributed by atoms with Crippen molar-refractivity contribution in [3.8, 4) is 0 Å². The van der Waals surface area contributed by atoms with Crippen molar-refractivity contribution in [1.82, 2.24) is 4.90 Å². The van der Waals surface area contributed by atoms with Crippen molar-refractivity contribution in [3.63, 3.8) is 0 Å². The number of esters is 1. The summed E-state index contributed by atoms with van der Waals surface area (Å²) in [6.07, 6.45) is -9.51. The van der Waals surface area contributed by atoms with Gasteiger partial charge in [-0.3, -0.25) is 4.79 Å². The molecular formula is C37H68N2O13. The van der Waals surface area contributed by atoms with Crippen molar-refractivity contribution in [2.75, 3.05) is 21.2 Å². The molecule has 0 radical (unpaired) electrons. The van der Waals surface area contributed by atoms with Gasteiger partial charge in [0.15, 0.2) is 12.6 Å². The first-order valence-corrected chi connectivity index (χ1v) is 18.7. The van der Waals surface area contributed by atoms with Crippen molar-refractivity contribution in [3.05, 3.63) is 0 Å². The lowest BCUT2D eigenvalue weighted by atomic mass is 9.73. The zero-order valence-electron chi connectivity index (χ0n) is 33.4. The SMILES string of the molecule is CC[C@H]1OC(=O)[C@H](C)[C@@H](O[C@H]2C[C@@](C)(OC)[C@@H](O)[C@H](C)O2)C(C)[C@@H](O[C@@H]2O[C@H](C)C[C@H](N(C)C)[C@H]2O)[C@](C)(O)C[C@@H](C)/C(=N/O)[C@@H](C)[C@@H](O)[C@]1(C)O. The fourth-order valence-corrected chi connectivity index (χ4v) is 8.61. The Hall–Kier alpha value is -1.50. The monoisotopic (exact) mass is 748 g/mol. The summed E-state index contributed by atoms with van der Waals surface area (Å²) in [6, 6.07) is -0.322. The van der Waals surface area contributed by atoms with Crippen molar-refractivity contribution < 1.29 is 64.0 Å². The van der Waals surface area contributed by atoms with Crippen LogP contribution in [0.5, 0.6) is 0 Å². The Balaban J connectivity index is 2.21. The molecule has 3 heterocycles. The molecule has 15 nitrogen and oxygen atoms in total. The van der Waals surface area contributed by atoms with E-state index in [2.05, 4.69) is 5.16 Å². The molecule has 3 fully saturated rings. The van der Waals surface area contributed by atoms with Crippen LogP contribution in [0.4, 0.5) is 0 Å². The summed E-state index contributed by atoms with van der Waals surface area (Å²) in [5.74, 6) is -4.24. The Morgan fingerprint density at radius 1 is 0.923 bits per heavy atom. The smallest absolute Gasteiger partial charge is 0.311 e. The van der Waals surface area contributed by atoms with E-state index in [0.29, 0.717) is 6.42 Å². The second-order valence-corrected chi connectivity index (χ2v) is 16.6. The number of oxime groups is 1. The van der Waals surface area contributed by atoms with Gasteiger partial charge < -0.3 is 64.1 Å². The van der Waals surface area contributed by atoms with Crippen LogP contribution < -0.4 is 0 Å². The minimum absolute atomic E-state index is 0.0657. The lowest BCUT2D eigenvalue weighted by Crippen LogP contribution is -2.61. The molecule has 0 aromatic carbocycles. The summed E-state index contributed by atoms with van der Waals surface area (Å²) in [4.78, 5) is 16.0. The normalized spacial score (nSPS) is 49.8. The number of hydrogen-bond acceptors (Lipinski definition) is 15. The number of aliphatic hydroxyl groups excluding tert-OH is 3. The van der Waals surface area contributed by atoms with E-state index in [4.69, 9.17) is 28.4 Å². The maximum atomic E-state index is 14.1. The summed E-state index contributed by atoms with van der Waals surface area (Å²) in [7, 11) is 5.19. The van der Waals surface area contributed by atoms with E-state index in [1.54, 1.807) is 55.4 Å². The second-order valence-electron chi connectivity index (χ2n) is 16.6. The third kappa shape index (κ3) is 9.47. The molecule has 52 heavy (non-hydrogen) atoms. The highest BCUT2D eigenvalue weighted by Gasteiger charge is 2.53. The van der Waals surface area contributed by atoms with E-state index in [-0.39, 0.29) is 37.1 Å². The molecule has 0 aromatic heterocycles. The molecule has 0 amide bonds. The molecule has 0 saturated carbocycles. The molecule has 304 valence electrons. The van der Waals surface area contributed by atoms with Gasteiger partial charge in [0.2, 0.25) is 0 Å². The van der Waals surface area contributed by atoms with Crippen LogP contribution in [0.3, 0.4) is 0 Å². The van der Waals surface area contributed by atoms with Crippen molar-refractivity contribution in [1.29, 1.82) is 0 Å². The van der Waals surface area contributed by atoms with Gasteiger partial charge in [0.05, 0.1) is 53.4 Å². The van der Waals surface area contributed by atoms with Gasteiger partial charge in [-0.2, -0.15) is 0 Å². The molecule has 3 saturated heterocycles. The molecule has 18 atom stereocenters. The predicted molar refractivity (Wildman–Crippen MR) is 190 cm³/mol. The Labute approximate surface area is 309 Å². The molecular weight excluding hydrogens is 680 g/mol. The molecule has 0 aromatic rings. The van der Waals surface area contributed by atoms with Gasteiger partial charge in [0.1, 0.15) is 23.9 Å². The largest absolute Gasteiger partial charge is 0.459 e. The molecule has 0 bridgehead atoms. The van der Waals surface area contributed by atoms with Crippen LogP contribution in [0, 0.1) is 23.7 Å². The van der Waals surface area contributed by atoms with E-state index in [1.807, 2.05) is 25.9 Å². The first kappa shape index (κ1) is 44.9. The van der Waals surface area contributed by atoms with E-state index in [9.17, 15) is 35.5 Å². The Bertz CT molecular complexity index is 1200. The first-order chi connectivity index (χ1) is 24.0. The number of hydrogen-bond donors (Lipinski definition) is 6. The molecule has 3 aliphatic heterocycles. The van der Waals surface area contributed by atoms with E-state index < -0.39 is 102 Å². The number of rotatable bonds is 7. The fourth-order valence-electron chi connectivity index (χ4n) is 8.61. The Kier molecular flexibility index (Phi) is 15.1. The van der Waals surface area contributed by atoms with E-state index in [0.717, 1.165) is 0 Å². The van der Waals surface area contributed by atoms with Gasteiger partial charge in [0, 0.05) is 37.3 Å². The number of ether oxygens (including phenoxy) is 6. The number of cyclic esters (lactones) is 1. The molecule has 6 N–H and O–H groups in total. The molecule has 1 unspecified atom stereocenters. The predicted octanol–water partition coefficient (Wildman–Crippen LogP) is 2.05. The highest BCUT2D eigenvalue weighted by molar-refractivity contribution is 5.88. The summed E-state index contributed by atoms with van der Waals surface area (Å²) >= 11 is 0. The second kappa shape index (κ2) is 17.5. The van der Waals surface area contributed by atoms with Crippen LogP contribution in [0.2, 0.25) is 0 Å². The van der Waals surface area contributed by atoms with E-state index in [1.165, 1.54) is 14.0 Å². The third-order valence-corrected chi connectivity index (χ3v) is 12.0. The minimum atomic E-state index is -1.97. The van der Waals surface area contributed by atoms with Gasteiger partial charge in [-0.1, -0.05) is 32.9 Å². The lowest BCUT2D eigenvalue weighted by Gasteiger charge is -2.49. The number of nitrogens with zero attached hydrogens (tertiary/aromatic N) is 2. The zero-order chi connectivity index (χ0) is 39.7. The van der Waals surface area contributed by atoms with Crippen molar-refractivity contribution >= 4 is 11.7 Å².